The molecule has 0 saturated carbocycles. The largest absolute Gasteiger partial charge is 0.235 e. The highest BCUT2D eigenvalue weighted by molar-refractivity contribution is 7.23. The Hall–Kier alpha value is -1.61. The van der Waals surface area contributed by atoms with Gasteiger partial charge in [-0.25, -0.2) is 0 Å². The molecule has 4 rings (SSSR count). The minimum Gasteiger partial charge on any atom is -0.182 e. The average molecular weight is 369 g/mol. The Morgan fingerprint density at radius 1 is 1.14 bits per heavy atom. The van der Waals surface area contributed by atoms with E-state index in [-0.39, 0.29) is 0 Å². The maximum atomic E-state index is 6.26. The van der Waals surface area contributed by atoms with Crippen molar-refractivity contribution >= 4 is 51.0 Å². The van der Waals surface area contributed by atoms with Crippen LogP contribution in [0.4, 0.5) is 0 Å². The topological polar surface area (TPSA) is 68.9 Å². The Kier molecular flexibility index (Phi) is 3.33. The lowest BCUT2D eigenvalue weighted by Crippen LogP contribution is -1.92. The minimum absolute atomic E-state index is 0.434. The van der Waals surface area contributed by atoms with E-state index < -0.39 is 0 Å². The minimum atomic E-state index is 0.434. The predicted octanol–water partition coefficient (Wildman–Crippen LogP) is 3.99. The molecule has 10 heteroatoms. The summed E-state index contributed by atoms with van der Waals surface area (Å²) in [6.45, 7) is 1.90. The van der Waals surface area contributed by atoms with Crippen LogP contribution in [0.25, 0.3) is 26.2 Å². The second-order valence-corrected chi connectivity index (χ2v) is 6.91. The first kappa shape index (κ1) is 14.0. The lowest BCUT2D eigenvalue weighted by atomic mass is 10.2. The standard InChI is InChI=1S/C12H6Cl2N6S2/c1-5-9(22-19-15-5)11-18-20-10(16-17-12(20)21-11)6-3-2-4-7(13)8(6)14/h2-4H,1H3. The zero-order valence-electron chi connectivity index (χ0n) is 11.0. The molecule has 0 bridgehead atoms. The van der Waals surface area contributed by atoms with Gasteiger partial charge in [0.2, 0.25) is 4.96 Å². The van der Waals surface area contributed by atoms with Gasteiger partial charge in [0.05, 0.1) is 15.7 Å². The van der Waals surface area contributed by atoms with Crippen molar-refractivity contribution in [1.29, 1.82) is 0 Å². The molecule has 0 aliphatic carbocycles. The van der Waals surface area contributed by atoms with E-state index in [1.54, 1.807) is 10.6 Å². The van der Waals surface area contributed by atoms with Gasteiger partial charge in [-0.1, -0.05) is 45.1 Å². The van der Waals surface area contributed by atoms with E-state index in [1.807, 2.05) is 19.1 Å². The Balaban J connectivity index is 1.92. The van der Waals surface area contributed by atoms with E-state index in [4.69, 9.17) is 23.2 Å². The van der Waals surface area contributed by atoms with Gasteiger partial charge in [-0.05, 0) is 30.6 Å². The summed E-state index contributed by atoms with van der Waals surface area (Å²) in [5.41, 5.74) is 1.54. The van der Waals surface area contributed by atoms with Crippen molar-refractivity contribution in [2.24, 2.45) is 0 Å². The fourth-order valence-corrected chi connectivity index (χ4v) is 3.97. The Morgan fingerprint density at radius 3 is 2.77 bits per heavy atom. The zero-order chi connectivity index (χ0) is 15.3. The van der Waals surface area contributed by atoms with Gasteiger partial charge in [-0.15, -0.1) is 15.3 Å². The summed E-state index contributed by atoms with van der Waals surface area (Å²) >= 11 is 15.1. The Labute approximate surface area is 142 Å². The van der Waals surface area contributed by atoms with Crippen molar-refractivity contribution in [1.82, 2.24) is 29.4 Å². The molecular weight excluding hydrogens is 363 g/mol. The molecule has 0 atom stereocenters. The molecule has 6 nitrogen and oxygen atoms in total. The van der Waals surface area contributed by atoms with Crippen LogP contribution in [0.2, 0.25) is 10.0 Å². The maximum absolute atomic E-state index is 6.26. The highest BCUT2D eigenvalue weighted by Gasteiger charge is 2.19. The van der Waals surface area contributed by atoms with Gasteiger partial charge in [-0.3, -0.25) is 0 Å². The van der Waals surface area contributed by atoms with Gasteiger partial charge in [0.25, 0.3) is 0 Å². The summed E-state index contributed by atoms with van der Waals surface area (Å²) in [5, 5.41) is 18.6. The summed E-state index contributed by atoms with van der Waals surface area (Å²) in [4.78, 5) is 1.60. The number of aromatic nitrogens is 6. The van der Waals surface area contributed by atoms with E-state index in [9.17, 15) is 0 Å². The molecule has 0 aliphatic heterocycles. The first-order chi connectivity index (χ1) is 10.6. The Morgan fingerprint density at radius 2 is 2.00 bits per heavy atom. The SMILES string of the molecule is Cc1nnsc1-c1nn2c(-c3cccc(Cl)c3Cl)nnc2s1. The quantitative estimate of drug-likeness (QED) is 0.535. The highest BCUT2D eigenvalue weighted by Crippen LogP contribution is 2.35. The van der Waals surface area contributed by atoms with Crippen LogP contribution < -0.4 is 0 Å². The monoisotopic (exact) mass is 368 g/mol. The van der Waals surface area contributed by atoms with Crippen LogP contribution in [0, 0.1) is 6.92 Å². The third kappa shape index (κ3) is 2.11. The predicted molar refractivity (Wildman–Crippen MR) is 87.8 cm³/mol. The maximum Gasteiger partial charge on any atom is 0.235 e. The molecule has 1 aromatic carbocycles. The zero-order valence-corrected chi connectivity index (χ0v) is 14.1. The molecule has 0 N–H and O–H groups in total. The fourth-order valence-electron chi connectivity index (χ4n) is 1.98. The van der Waals surface area contributed by atoms with Crippen molar-refractivity contribution in [2.45, 2.75) is 6.92 Å². The normalized spacial score (nSPS) is 11.4. The summed E-state index contributed by atoms with van der Waals surface area (Å²) in [6, 6.07) is 5.38. The van der Waals surface area contributed by atoms with Gasteiger partial charge >= 0.3 is 0 Å². The average Bonchev–Trinajstić information content (AvgIpc) is 3.17. The van der Waals surface area contributed by atoms with Crippen molar-refractivity contribution in [3.63, 3.8) is 0 Å². The third-order valence-electron chi connectivity index (χ3n) is 3.03. The van der Waals surface area contributed by atoms with Crippen LogP contribution >= 0.6 is 46.1 Å². The van der Waals surface area contributed by atoms with Crippen molar-refractivity contribution in [2.75, 3.05) is 0 Å². The lowest BCUT2D eigenvalue weighted by Gasteiger charge is -2.01. The van der Waals surface area contributed by atoms with Crippen LogP contribution in [-0.4, -0.2) is 29.4 Å². The molecule has 0 radical (unpaired) electrons. The van der Waals surface area contributed by atoms with E-state index in [2.05, 4.69) is 24.9 Å². The van der Waals surface area contributed by atoms with Crippen molar-refractivity contribution < 1.29 is 0 Å². The number of hydrogen-bond donors (Lipinski definition) is 0. The summed E-state index contributed by atoms with van der Waals surface area (Å²) in [7, 11) is 0. The van der Waals surface area contributed by atoms with Crippen LogP contribution in [-0.2, 0) is 0 Å². The van der Waals surface area contributed by atoms with E-state index in [0.29, 0.717) is 26.4 Å². The van der Waals surface area contributed by atoms with Crippen LogP contribution in [0.5, 0.6) is 0 Å². The van der Waals surface area contributed by atoms with Gasteiger partial charge in [0, 0.05) is 5.56 Å². The van der Waals surface area contributed by atoms with Crippen molar-refractivity contribution in [3.05, 3.63) is 33.9 Å². The van der Waals surface area contributed by atoms with Crippen LogP contribution in [0.15, 0.2) is 18.2 Å². The smallest absolute Gasteiger partial charge is 0.182 e. The summed E-state index contributed by atoms with van der Waals surface area (Å²) < 4.78 is 5.60. The highest BCUT2D eigenvalue weighted by atomic mass is 35.5. The molecule has 0 saturated heterocycles. The van der Waals surface area contributed by atoms with Crippen molar-refractivity contribution in [3.8, 4) is 21.3 Å². The van der Waals surface area contributed by atoms with Gasteiger partial charge in [0.1, 0.15) is 4.88 Å². The molecule has 4 aromatic rings. The summed E-state index contributed by atoms with van der Waals surface area (Å²) in [5.74, 6) is 0.556. The number of benzene rings is 1. The van der Waals surface area contributed by atoms with E-state index in [1.165, 1.54) is 22.9 Å². The lowest BCUT2D eigenvalue weighted by molar-refractivity contribution is 0.970. The number of halogens is 2. The Bertz CT molecular complexity index is 989. The number of nitrogens with zero attached hydrogens (tertiary/aromatic N) is 6. The molecule has 0 unspecified atom stereocenters. The number of fused-ring (bicyclic) bond motifs is 1. The molecule has 0 amide bonds. The molecule has 22 heavy (non-hydrogen) atoms. The molecule has 0 aliphatic rings. The second kappa shape index (κ2) is 5.24. The van der Waals surface area contributed by atoms with Crippen LogP contribution in [0.1, 0.15) is 5.69 Å². The van der Waals surface area contributed by atoms with Gasteiger partial charge in [0.15, 0.2) is 10.8 Å². The first-order valence-corrected chi connectivity index (χ1v) is 8.45. The molecular formula is C12H6Cl2N6S2. The third-order valence-corrected chi connectivity index (χ3v) is 5.73. The molecule has 110 valence electrons. The van der Waals surface area contributed by atoms with E-state index >= 15 is 0 Å². The second-order valence-electron chi connectivity index (χ2n) is 4.41. The molecule has 0 spiro atoms. The van der Waals surface area contributed by atoms with Gasteiger partial charge < -0.3 is 0 Å². The molecule has 3 heterocycles. The number of hydrogen-bond acceptors (Lipinski definition) is 7. The van der Waals surface area contributed by atoms with Crippen LogP contribution in [0.3, 0.4) is 0 Å². The first-order valence-electron chi connectivity index (χ1n) is 6.11. The summed E-state index contributed by atoms with van der Waals surface area (Å²) in [6.07, 6.45) is 0. The molecule has 0 fully saturated rings. The molecule has 3 aromatic heterocycles. The van der Waals surface area contributed by atoms with E-state index in [0.717, 1.165) is 15.6 Å². The number of rotatable bonds is 2. The van der Waals surface area contributed by atoms with Gasteiger partial charge in [-0.2, -0.15) is 9.61 Å². The fraction of sp³-hybridized carbons (Fsp3) is 0.0833. The number of aryl methyl sites for hydroxylation is 1.